The third kappa shape index (κ3) is 5.35. The number of ether oxygens (including phenoxy) is 2. The van der Waals surface area contributed by atoms with Crippen molar-refractivity contribution in [2.24, 2.45) is 0 Å². The lowest BCUT2D eigenvalue weighted by Crippen LogP contribution is -2.40. The Morgan fingerprint density at radius 3 is 2.69 bits per heavy atom. The van der Waals surface area contributed by atoms with Gasteiger partial charge in [0.1, 0.15) is 13.2 Å². The molecule has 0 bridgehead atoms. The molecular formula is C24H26N2O5S. The zero-order valence-corrected chi connectivity index (χ0v) is 18.9. The highest BCUT2D eigenvalue weighted by Crippen LogP contribution is 2.37. The van der Waals surface area contributed by atoms with Gasteiger partial charge in [0, 0.05) is 18.7 Å². The predicted octanol–water partition coefficient (Wildman–Crippen LogP) is 3.48. The standard InChI is InChI=1S/C24H26N2O5S/c1-4-9-18-13-17(14-19(30-6-3)22(18)31-12-5-2)15-20-23(28)26(24(29)32-20)16-21(27)25-10-7-8-11-25/h2,4,13-15H,1,6-12,16H2,3H3/b20-15+. The van der Waals surface area contributed by atoms with Crippen LogP contribution in [0.3, 0.4) is 0 Å². The maximum Gasteiger partial charge on any atom is 0.294 e. The summed E-state index contributed by atoms with van der Waals surface area (Å²) in [5, 5.41) is -0.445. The van der Waals surface area contributed by atoms with E-state index in [0.29, 0.717) is 43.2 Å². The van der Waals surface area contributed by atoms with Gasteiger partial charge in [-0.1, -0.05) is 12.0 Å². The van der Waals surface area contributed by atoms with Gasteiger partial charge in [-0.3, -0.25) is 19.3 Å². The Morgan fingerprint density at radius 2 is 2.03 bits per heavy atom. The molecule has 0 N–H and O–H groups in total. The molecule has 2 aliphatic heterocycles. The van der Waals surface area contributed by atoms with Gasteiger partial charge in [0.25, 0.3) is 11.1 Å². The second-order valence-corrected chi connectivity index (χ2v) is 8.27. The molecule has 2 heterocycles. The Morgan fingerprint density at radius 1 is 1.28 bits per heavy atom. The second kappa shape index (κ2) is 10.9. The van der Waals surface area contributed by atoms with Crippen LogP contribution in [0.25, 0.3) is 6.08 Å². The highest BCUT2D eigenvalue weighted by Gasteiger charge is 2.37. The molecule has 168 valence electrons. The second-order valence-electron chi connectivity index (χ2n) is 7.28. The number of hydrogen-bond acceptors (Lipinski definition) is 6. The van der Waals surface area contributed by atoms with E-state index in [2.05, 4.69) is 12.5 Å². The van der Waals surface area contributed by atoms with Crippen molar-refractivity contribution in [3.63, 3.8) is 0 Å². The fraction of sp³-hybridized carbons (Fsp3) is 0.375. The summed E-state index contributed by atoms with van der Waals surface area (Å²) in [5.74, 6) is 2.80. The minimum absolute atomic E-state index is 0.0908. The summed E-state index contributed by atoms with van der Waals surface area (Å²) < 4.78 is 11.4. The molecule has 2 fully saturated rings. The van der Waals surface area contributed by atoms with E-state index in [9.17, 15) is 14.4 Å². The van der Waals surface area contributed by atoms with Crippen molar-refractivity contribution in [1.29, 1.82) is 0 Å². The molecule has 1 aromatic carbocycles. The van der Waals surface area contributed by atoms with Gasteiger partial charge in [0.05, 0.1) is 11.5 Å². The molecule has 0 radical (unpaired) electrons. The first-order valence-corrected chi connectivity index (χ1v) is 11.3. The van der Waals surface area contributed by atoms with Crippen LogP contribution in [-0.2, 0) is 16.0 Å². The zero-order valence-electron chi connectivity index (χ0n) is 18.1. The van der Waals surface area contributed by atoms with Crippen molar-refractivity contribution >= 4 is 34.9 Å². The van der Waals surface area contributed by atoms with E-state index in [1.54, 1.807) is 23.1 Å². The van der Waals surface area contributed by atoms with Crippen LogP contribution in [0.5, 0.6) is 11.5 Å². The number of likely N-dealkylation sites (tertiary alicyclic amines) is 1. The average molecular weight is 455 g/mol. The van der Waals surface area contributed by atoms with Crippen molar-refractivity contribution in [3.05, 3.63) is 40.8 Å². The Labute approximate surface area is 192 Å². The molecule has 3 amide bonds. The highest BCUT2D eigenvalue weighted by atomic mass is 32.2. The smallest absolute Gasteiger partial charge is 0.294 e. The fourth-order valence-corrected chi connectivity index (χ4v) is 4.44. The maximum absolute atomic E-state index is 12.9. The summed E-state index contributed by atoms with van der Waals surface area (Å²) in [6.07, 6.45) is 11.1. The van der Waals surface area contributed by atoms with Crippen LogP contribution in [0.1, 0.15) is 30.9 Å². The molecule has 2 aliphatic rings. The molecule has 0 saturated carbocycles. The number of amides is 3. The van der Waals surface area contributed by atoms with Gasteiger partial charge in [0.15, 0.2) is 11.5 Å². The number of carbonyl (C=O) groups excluding carboxylic acids is 3. The Kier molecular flexibility index (Phi) is 8.01. The van der Waals surface area contributed by atoms with Crippen LogP contribution in [-0.4, -0.2) is 59.7 Å². The van der Waals surface area contributed by atoms with E-state index in [4.69, 9.17) is 15.9 Å². The summed E-state index contributed by atoms with van der Waals surface area (Å²) in [5.41, 5.74) is 1.48. The molecule has 1 aromatic rings. The number of allylic oxidation sites excluding steroid dienone is 1. The van der Waals surface area contributed by atoms with E-state index in [-0.39, 0.29) is 24.0 Å². The van der Waals surface area contributed by atoms with Gasteiger partial charge in [-0.15, -0.1) is 13.0 Å². The summed E-state index contributed by atoms with van der Waals surface area (Å²) in [4.78, 5) is 40.6. The number of imide groups is 1. The summed E-state index contributed by atoms with van der Waals surface area (Å²) in [7, 11) is 0. The predicted molar refractivity (Wildman–Crippen MR) is 124 cm³/mol. The monoisotopic (exact) mass is 454 g/mol. The lowest BCUT2D eigenvalue weighted by atomic mass is 10.0. The average Bonchev–Trinajstić information content (AvgIpc) is 3.39. The largest absolute Gasteiger partial charge is 0.490 e. The van der Waals surface area contributed by atoms with Crippen LogP contribution in [0, 0.1) is 12.3 Å². The van der Waals surface area contributed by atoms with Crippen molar-refractivity contribution in [1.82, 2.24) is 9.80 Å². The Hall–Kier alpha value is -3.18. The molecule has 0 spiro atoms. The van der Waals surface area contributed by atoms with Gasteiger partial charge in [-0.05, 0) is 61.7 Å². The van der Waals surface area contributed by atoms with Crippen LogP contribution in [0.4, 0.5) is 4.79 Å². The maximum atomic E-state index is 12.9. The number of thioether (sulfide) groups is 1. The van der Waals surface area contributed by atoms with Gasteiger partial charge in [-0.2, -0.15) is 0 Å². The quantitative estimate of drug-likeness (QED) is 0.323. The summed E-state index contributed by atoms with van der Waals surface area (Å²) in [6, 6.07) is 3.59. The summed E-state index contributed by atoms with van der Waals surface area (Å²) >= 11 is 0.827. The number of benzene rings is 1. The fourth-order valence-electron chi connectivity index (χ4n) is 3.60. The molecule has 0 unspecified atom stereocenters. The molecule has 0 aromatic heterocycles. The van der Waals surface area contributed by atoms with Crippen LogP contribution >= 0.6 is 11.8 Å². The first kappa shape index (κ1) is 23.5. The van der Waals surface area contributed by atoms with Crippen molar-refractivity contribution in [2.45, 2.75) is 26.2 Å². The number of hydrogen-bond donors (Lipinski definition) is 0. The van der Waals surface area contributed by atoms with Crippen LogP contribution in [0.15, 0.2) is 29.7 Å². The zero-order chi connectivity index (χ0) is 23.1. The first-order valence-electron chi connectivity index (χ1n) is 10.5. The number of carbonyl (C=O) groups is 3. The van der Waals surface area contributed by atoms with Crippen LogP contribution < -0.4 is 9.47 Å². The number of terminal acetylenes is 1. The van der Waals surface area contributed by atoms with Gasteiger partial charge >= 0.3 is 0 Å². The molecule has 7 nitrogen and oxygen atoms in total. The lowest BCUT2D eigenvalue weighted by molar-refractivity contribution is -0.135. The molecule has 8 heteroatoms. The lowest BCUT2D eigenvalue weighted by Gasteiger charge is -2.18. The van der Waals surface area contributed by atoms with E-state index in [1.807, 2.05) is 13.0 Å². The molecule has 3 rings (SSSR count). The Bertz CT molecular complexity index is 989. The molecular weight excluding hydrogens is 428 g/mol. The van der Waals surface area contributed by atoms with E-state index < -0.39 is 11.1 Å². The molecule has 0 aliphatic carbocycles. The normalized spacial score (nSPS) is 17.1. The minimum atomic E-state index is -0.469. The van der Waals surface area contributed by atoms with E-state index in [1.165, 1.54) is 0 Å². The Balaban J connectivity index is 1.86. The van der Waals surface area contributed by atoms with Gasteiger partial charge in [-0.25, -0.2) is 0 Å². The molecule has 2 saturated heterocycles. The van der Waals surface area contributed by atoms with Crippen molar-refractivity contribution in [3.8, 4) is 23.8 Å². The van der Waals surface area contributed by atoms with E-state index >= 15 is 0 Å². The SMILES string of the molecule is C#CCOc1c(CC=C)cc(/C=C2/SC(=O)N(CC(=O)N3CCCC3)C2=O)cc1OCC. The van der Waals surface area contributed by atoms with Gasteiger partial charge in [0.2, 0.25) is 5.91 Å². The third-order valence-electron chi connectivity index (χ3n) is 5.04. The van der Waals surface area contributed by atoms with Crippen molar-refractivity contribution < 1.29 is 23.9 Å². The first-order chi connectivity index (χ1) is 15.5. The topological polar surface area (TPSA) is 76.2 Å². The molecule has 0 atom stereocenters. The summed E-state index contributed by atoms with van der Waals surface area (Å²) in [6.45, 7) is 7.26. The minimum Gasteiger partial charge on any atom is -0.490 e. The van der Waals surface area contributed by atoms with Crippen LogP contribution in [0.2, 0.25) is 0 Å². The third-order valence-corrected chi connectivity index (χ3v) is 5.95. The van der Waals surface area contributed by atoms with Crippen molar-refractivity contribution in [2.75, 3.05) is 32.8 Å². The highest BCUT2D eigenvalue weighted by molar-refractivity contribution is 8.18. The molecule has 32 heavy (non-hydrogen) atoms. The number of rotatable bonds is 9. The number of nitrogens with zero attached hydrogens (tertiary/aromatic N) is 2. The van der Waals surface area contributed by atoms with Gasteiger partial charge < -0.3 is 14.4 Å². The van der Waals surface area contributed by atoms with E-state index in [0.717, 1.165) is 35.1 Å².